The minimum absolute atomic E-state index is 0.0209. The Kier molecular flexibility index (Phi) is 4.97. The number of ether oxygens (including phenoxy) is 1. The highest BCUT2D eigenvalue weighted by molar-refractivity contribution is 5.96. The van der Waals surface area contributed by atoms with Crippen LogP contribution in [0.15, 0.2) is 34.9 Å². The third-order valence-corrected chi connectivity index (χ3v) is 8.88. The topological polar surface area (TPSA) is 104 Å². The number of Topliss-reactive ketones (excluding diaryl/α,β-unsaturated/α-hetero) is 1. The molecule has 4 aliphatic rings. The third kappa shape index (κ3) is 2.61. The lowest BCUT2D eigenvalue weighted by atomic mass is 9.59. The van der Waals surface area contributed by atoms with Crippen molar-refractivity contribution < 1.29 is 29.6 Å². The average molecular weight is 431 g/mol. The van der Waals surface area contributed by atoms with Crippen molar-refractivity contribution in [3.8, 4) is 0 Å². The van der Waals surface area contributed by atoms with Gasteiger partial charge in [-0.25, -0.2) is 4.79 Å². The van der Waals surface area contributed by atoms with Gasteiger partial charge in [0.15, 0.2) is 17.5 Å². The Morgan fingerprint density at radius 2 is 2.00 bits per heavy atom. The van der Waals surface area contributed by atoms with Crippen LogP contribution in [0.2, 0.25) is 0 Å². The predicted octanol–water partition coefficient (Wildman–Crippen LogP) is 2.33. The van der Waals surface area contributed by atoms with E-state index in [-0.39, 0.29) is 28.6 Å². The van der Waals surface area contributed by atoms with Crippen LogP contribution in [0, 0.1) is 34.5 Å². The van der Waals surface area contributed by atoms with E-state index in [1.54, 1.807) is 39.0 Å². The normalized spacial score (nSPS) is 45.6. The molecular weight excluding hydrogens is 396 g/mol. The van der Waals surface area contributed by atoms with Crippen LogP contribution in [0.5, 0.6) is 0 Å². The number of carbonyl (C=O) groups excluding carboxylic acids is 2. The first-order valence-corrected chi connectivity index (χ1v) is 11.2. The summed E-state index contributed by atoms with van der Waals surface area (Å²) < 4.78 is 5.72. The number of carbonyl (C=O) groups is 2. The predicted molar refractivity (Wildman–Crippen MR) is 115 cm³/mol. The molecule has 0 amide bonds. The first kappa shape index (κ1) is 22.4. The van der Waals surface area contributed by atoms with E-state index in [1.807, 2.05) is 6.92 Å². The quantitative estimate of drug-likeness (QED) is 0.361. The zero-order valence-corrected chi connectivity index (χ0v) is 19.2. The van der Waals surface area contributed by atoms with E-state index in [9.17, 15) is 24.9 Å². The summed E-state index contributed by atoms with van der Waals surface area (Å²) in [6, 6.07) is 0. The van der Waals surface area contributed by atoms with Gasteiger partial charge in [0.2, 0.25) is 0 Å². The first-order chi connectivity index (χ1) is 14.4. The van der Waals surface area contributed by atoms with Gasteiger partial charge in [-0.3, -0.25) is 4.79 Å². The number of rotatable bonds is 3. The van der Waals surface area contributed by atoms with Crippen LogP contribution in [-0.2, 0) is 14.3 Å². The van der Waals surface area contributed by atoms with Crippen molar-refractivity contribution in [2.24, 2.45) is 34.5 Å². The van der Waals surface area contributed by atoms with E-state index >= 15 is 0 Å². The fourth-order valence-electron chi connectivity index (χ4n) is 6.91. The van der Waals surface area contributed by atoms with E-state index < -0.39 is 41.7 Å². The van der Waals surface area contributed by atoms with Crippen molar-refractivity contribution in [3.63, 3.8) is 0 Å². The van der Waals surface area contributed by atoms with Crippen LogP contribution < -0.4 is 0 Å². The Balaban J connectivity index is 1.91. The van der Waals surface area contributed by atoms with E-state index in [0.29, 0.717) is 17.1 Å². The van der Waals surface area contributed by atoms with Crippen molar-refractivity contribution in [2.75, 3.05) is 6.61 Å². The maximum atomic E-state index is 14.2. The second kappa shape index (κ2) is 6.87. The van der Waals surface area contributed by atoms with Gasteiger partial charge in [0.1, 0.15) is 6.10 Å². The lowest BCUT2D eigenvalue weighted by Crippen LogP contribution is -2.65. The van der Waals surface area contributed by atoms with Gasteiger partial charge in [0.25, 0.3) is 0 Å². The standard InChI is InChI=1S/C25H34O6/c1-7-12(2)22(29)31-21-13(3)10-24-14(4)8-17-18(23(17,5)6)16(20(24)28)9-15(11-26)19(27)25(21,24)30/h7,9-10,14,16-19,21,26-27,30H,8,11H2,1-6H3/b12-7-/t14?,16-,17?,18-,19+,21-,24?,25-/m0/s1. The second-order valence-corrected chi connectivity index (χ2v) is 10.6. The maximum absolute atomic E-state index is 14.2. The summed E-state index contributed by atoms with van der Waals surface area (Å²) >= 11 is 0. The van der Waals surface area contributed by atoms with Crippen molar-refractivity contribution >= 4 is 11.8 Å². The minimum atomic E-state index is -2.08. The Bertz CT molecular complexity index is 926. The van der Waals surface area contributed by atoms with Gasteiger partial charge in [0.05, 0.1) is 12.0 Å². The molecule has 4 aliphatic carbocycles. The molecule has 3 N–H and O–H groups in total. The highest BCUT2D eigenvalue weighted by Crippen LogP contribution is 2.71. The SMILES string of the molecule is C/C=C(/C)C(=O)O[C@H]1C(C)=CC23C(=O)[C@@H](C=C(CO)[C@@H](O)[C@]12O)[C@H]1C(CC3C)C1(C)C. The molecule has 4 rings (SSSR count). The number of hydrogen-bond acceptors (Lipinski definition) is 6. The number of aliphatic hydroxyl groups is 3. The van der Waals surface area contributed by atoms with E-state index in [0.717, 1.165) is 6.42 Å². The van der Waals surface area contributed by atoms with Gasteiger partial charge in [-0.2, -0.15) is 0 Å². The van der Waals surface area contributed by atoms with E-state index in [1.165, 1.54) is 0 Å². The summed E-state index contributed by atoms with van der Waals surface area (Å²) in [7, 11) is 0. The van der Waals surface area contributed by atoms with Crippen LogP contribution in [0.4, 0.5) is 0 Å². The smallest absolute Gasteiger partial charge is 0.334 e. The van der Waals surface area contributed by atoms with Gasteiger partial charge in [0, 0.05) is 11.5 Å². The molecule has 2 fully saturated rings. The molecule has 2 saturated carbocycles. The molecular formula is C25H34O6. The fraction of sp³-hybridized carbons (Fsp3) is 0.680. The Morgan fingerprint density at radius 1 is 1.35 bits per heavy atom. The van der Waals surface area contributed by atoms with Gasteiger partial charge in [-0.15, -0.1) is 0 Å². The zero-order valence-electron chi connectivity index (χ0n) is 19.2. The van der Waals surface area contributed by atoms with Crippen LogP contribution in [0.1, 0.15) is 48.0 Å². The van der Waals surface area contributed by atoms with Crippen LogP contribution in [-0.4, -0.2) is 51.5 Å². The summed E-state index contributed by atoms with van der Waals surface area (Å²) in [5.41, 5.74) is -2.36. The molecule has 6 nitrogen and oxygen atoms in total. The molecule has 0 aliphatic heterocycles. The molecule has 8 atom stereocenters. The molecule has 1 spiro atoms. The number of allylic oxidation sites excluding steroid dienone is 2. The summed E-state index contributed by atoms with van der Waals surface area (Å²) in [5.74, 6) is -1.13. The second-order valence-electron chi connectivity index (χ2n) is 10.6. The monoisotopic (exact) mass is 430 g/mol. The molecule has 6 heteroatoms. The number of fused-ring (bicyclic) bond motifs is 3. The van der Waals surface area contributed by atoms with Crippen molar-refractivity contribution in [3.05, 3.63) is 34.9 Å². The molecule has 0 aromatic heterocycles. The summed E-state index contributed by atoms with van der Waals surface area (Å²) in [6.45, 7) is 10.8. The molecule has 0 heterocycles. The van der Waals surface area contributed by atoms with Gasteiger partial charge in [-0.05, 0) is 61.5 Å². The van der Waals surface area contributed by atoms with Gasteiger partial charge in [-0.1, -0.05) is 39.0 Å². The van der Waals surface area contributed by atoms with Crippen LogP contribution >= 0.6 is 0 Å². The Hall–Kier alpha value is -1.76. The van der Waals surface area contributed by atoms with Crippen LogP contribution in [0.25, 0.3) is 0 Å². The maximum Gasteiger partial charge on any atom is 0.334 e. The highest BCUT2D eigenvalue weighted by atomic mass is 16.6. The third-order valence-electron chi connectivity index (χ3n) is 8.88. The largest absolute Gasteiger partial charge is 0.451 e. The van der Waals surface area contributed by atoms with E-state index in [2.05, 4.69) is 13.8 Å². The molecule has 31 heavy (non-hydrogen) atoms. The molecule has 0 saturated heterocycles. The molecule has 2 bridgehead atoms. The lowest BCUT2D eigenvalue weighted by Gasteiger charge is -2.48. The first-order valence-electron chi connectivity index (χ1n) is 11.2. The zero-order chi connectivity index (χ0) is 23.1. The van der Waals surface area contributed by atoms with E-state index in [4.69, 9.17) is 4.74 Å². The summed E-state index contributed by atoms with van der Waals surface area (Å²) in [6.07, 6.45) is 3.04. The molecule has 170 valence electrons. The number of esters is 1. The number of aliphatic hydroxyl groups excluding tert-OH is 2. The van der Waals surface area contributed by atoms with Crippen LogP contribution in [0.3, 0.4) is 0 Å². The number of hydrogen-bond donors (Lipinski definition) is 3. The molecule has 0 radical (unpaired) electrons. The van der Waals surface area contributed by atoms with Crippen molar-refractivity contribution in [1.82, 2.24) is 0 Å². The van der Waals surface area contributed by atoms with Crippen molar-refractivity contribution in [2.45, 2.75) is 65.8 Å². The number of ketones is 1. The van der Waals surface area contributed by atoms with Gasteiger partial charge < -0.3 is 20.1 Å². The minimum Gasteiger partial charge on any atom is -0.451 e. The Labute approximate surface area is 183 Å². The average Bonchev–Trinajstić information content (AvgIpc) is 3.21. The molecule has 0 aromatic carbocycles. The molecule has 3 unspecified atom stereocenters. The summed E-state index contributed by atoms with van der Waals surface area (Å²) in [4.78, 5) is 26.8. The highest BCUT2D eigenvalue weighted by Gasteiger charge is 2.76. The summed E-state index contributed by atoms with van der Waals surface area (Å²) in [5, 5.41) is 33.7. The lowest BCUT2D eigenvalue weighted by molar-refractivity contribution is -0.201. The fourth-order valence-corrected chi connectivity index (χ4v) is 6.91. The van der Waals surface area contributed by atoms with Gasteiger partial charge >= 0.3 is 5.97 Å². The molecule has 0 aromatic rings. The Morgan fingerprint density at radius 3 is 2.58 bits per heavy atom. The van der Waals surface area contributed by atoms with Crippen molar-refractivity contribution in [1.29, 1.82) is 0 Å².